The van der Waals surface area contributed by atoms with Crippen LogP contribution in [0.25, 0.3) is 6.08 Å². The molecule has 1 amide bonds. The maximum atomic E-state index is 12.1. The van der Waals surface area contributed by atoms with Crippen molar-refractivity contribution in [3.05, 3.63) is 95.6 Å². The van der Waals surface area contributed by atoms with E-state index in [1.165, 1.54) is 6.08 Å². The minimum atomic E-state index is -0.702. The first-order valence-corrected chi connectivity index (χ1v) is 10.5. The molecular weight excluding hydrogens is 450 g/mol. The Bertz CT molecular complexity index is 1210. The first-order chi connectivity index (χ1) is 16.9. The van der Waals surface area contributed by atoms with E-state index < -0.39 is 11.9 Å². The summed E-state index contributed by atoms with van der Waals surface area (Å²) < 4.78 is 16.4. The highest BCUT2D eigenvalue weighted by Gasteiger charge is 2.07. The maximum absolute atomic E-state index is 12.1. The van der Waals surface area contributed by atoms with Gasteiger partial charge in [0, 0.05) is 17.2 Å². The van der Waals surface area contributed by atoms with E-state index in [1.54, 1.807) is 49.6 Å². The summed E-state index contributed by atoms with van der Waals surface area (Å²) >= 11 is 0. The molecule has 4 N–H and O–H groups in total. The Morgan fingerprint density at radius 1 is 0.914 bits per heavy atom. The van der Waals surface area contributed by atoms with Crippen LogP contribution >= 0.6 is 0 Å². The van der Waals surface area contributed by atoms with Crippen molar-refractivity contribution in [3.8, 4) is 17.2 Å². The van der Waals surface area contributed by atoms with E-state index in [1.807, 2.05) is 36.4 Å². The lowest BCUT2D eigenvalue weighted by atomic mass is 10.1. The van der Waals surface area contributed by atoms with Crippen LogP contribution in [0.5, 0.6) is 17.2 Å². The van der Waals surface area contributed by atoms with Crippen LogP contribution in [0.4, 0.5) is 0 Å². The molecule has 3 rings (SSSR count). The van der Waals surface area contributed by atoms with E-state index in [2.05, 4.69) is 5.16 Å². The van der Waals surface area contributed by atoms with E-state index in [0.717, 1.165) is 16.9 Å². The van der Waals surface area contributed by atoms with Gasteiger partial charge in [-0.3, -0.25) is 4.79 Å². The number of primary amides is 1. The average molecular weight is 476 g/mol. The van der Waals surface area contributed by atoms with Gasteiger partial charge in [0.1, 0.15) is 23.9 Å². The number of rotatable bonds is 11. The molecule has 0 aliphatic heterocycles. The predicted molar refractivity (Wildman–Crippen MR) is 131 cm³/mol. The van der Waals surface area contributed by atoms with Crippen molar-refractivity contribution in [3.63, 3.8) is 0 Å². The van der Waals surface area contributed by atoms with Crippen LogP contribution in [0.15, 0.2) is 84.0 Å². The summed E-state index contributed by atoms with van der Waals surface area (Å²) in [6.45, 7) is 0.0646. The van der Waals surface area contributed by atoms with Gasteiger partial charge in [-0.05, 0) is 60.2 Å². The first kappa shape index (κ1) is 24.8. The maximum Gasteiger partial charge on any atom is 0.358 e. The molecule has 0 radical (unpaired) electrons. The van der Waals surface area contributed by atoms with Crippen LogP contribution in [0.1, 0.15) is 16.7 Å². The lowest BCUT2D eigenvalue weighted by Crippen LogP contribution is -2.20. The van der Waals surface area contributed by atoms with Crippen LogP contribution in [-0.4, -0.2) is 31.4 Å². The Hall–Kier alpha value is -4.79. The van der Waals surface area contributed by atoms with Crippen LogP contribution in [0.3, 0.4) is 0 Å². The van der Waals surface area contributed by atoms with Crippen molar-refractivity contribution < 1.29 is 28.6 Å². The highest BCUT2D eigenvalue weighted by Crippen LogP contribution is 2.23. The first-order valence-electron chi connectivity index (χ1n) is 10.5. The number of ether oxygens (including phenoxy) is 3. The normalized spacial score (nSPS) is 11.2. The van der Waals surface area contributed by atoms with Gasteiger partial charge in [-0.15, -0.1) is 0 Å². The third-order valence-corrected chi connectivity index (χ3v) is 4.62. The molecule has 0 saturated heterocycles. The molecule has 0 heterocycles. The number of amidine groups is 1. The third kappa shape index (κ3) is 7.93. The number of amides is 1. The smallest absolute Gasteiger partial charge is 0.358 e. The van der Waals surface area contributed by atoms with Crippen molar-refractivity contribution in [2.24, 2.45) is 16.6 Å². The standard InChI is InChI=1S/C26H25N3O6/c1-32-23-13-7-18(15-20(23)16-33-21-5-3-2-4-6-21)8-14-25(31)35-29-26(28)19-9-11-22(12-10-19)34-17-24(27)30/h2-15H,16-17H2,1H3,(H2,27,30)(H2,28,29)/b14-8-. The molecule has 0 aliphatic carbocycles. The second-order valence-corrected chi connectivity index (χ2v) is 7.17. The van der Waals surface area contributed by atoms with E-state index >= 15 is 0 Å². The molecule has 3 aromatic rings. The zero-order valence-corrected chi connectivity index (χ0v) is 19.0. The molecule has 0 bridgehead atoms. The Morgan fingerprint density at radius 3 is 2.31 bits per heavy atom. The number of nitrogens with zero attached hydrogens (tertiary/aromatic N) is 1. The summed E-state index contributed by atoms with van der Waals surface area (Å²) in [7, 11) is 1.58. The summed E-state index contributed by atoms with van der Waals surface area (Å²) in [6, 6.07) is 21.3. The summed E-state index contributed by atoms with van der Waals surface area (Å²) in [5.74, 6) is 0.562. The van der Waals surface area contributed by atoms with Crippen molar-refractivity contribution >= 4 is 23.8 Å². The predicted octanol–water partition coefficient (Wildman–Crippen LogP) is 3.02. The molecular formula is C26H25N3O6. The van der Waals surface area contributed by atoms with Crippen molar-refractivity contribution in [1.82, 2.24) is 0 Å². The molecule has 35 heavy (non-hydrogen) atoms. The molecule has 0 unspecified atom stereocenters. The summed E-state index contributed by atoms with van der Waals surface area (Å²) in [5.41, 5.74) is 13.0. The Balaban J connectivity index is 1.58. The number of para-hydroxylation sites is 1. The van der Waals surface area contributed by atoms with E-state index in [4.69, 9.17) is 30.5 Å². The largest absolute Gasteiger partial charge is 0.496 e. The number of hydrogen-bond acceptors (Lipinski definition) is 7. The summed E-state index contributed by atoms with van der Waals surface area (Å²) in [6.07, 6.45) is 2.82. The SMILES string of the molecule is COc1ccc(/C=C\C(=O)O/N=C(\N)c2ccc(OCC(N)=O)cc2)cc1COc1ccccc1. The Kier molecular flexibility index (Phi) is 8.84. The molecule has 0 saturated carbocycles. The summed E-state index contributed by atoms with van der Waals surface area (Å²) in [4.78, 5) is 27.7. The number of carbonyl (C=O) groups excluding carboxylic acids is 2. The van der Waals surface area contributed by atoms with Crippen LogP contribution in [0, 0.1) is 0 Å². The second kappa shape index (κ2) is 12.4. The van der Waals surface area contributed by atoms with Gasteiger partial charge in [0.2, 0.25) is 0 Å². The van der Waals surface area contributed by atoms with Gasteiger partial charge in [-0.2, -0.15) is 0 Å². The molecule has 0 aliphatic rings. The monoisotopic (exact) mass is 475 g/mol. The molecule has 0 fully saturated rings. The fraction of sp³-hybridized carbons (Fsp3) is 0.115. The van der Waals surface area contributed by atoms with Crippen LogP contribution in [0.2, 0.25) is 0 Å². The minimum Gasteiger partial charge on any atom is -0.496 e. The molecule has 0 aromatic heterocycles. The van der Waals surface area contributed by atoms with Gasteiger partial charge in [-0.1, -0.05) is 29.4 Å². The fourth-order valence-corrected chi connectivity index (χ4v) is 2.91. The number of nitrogens with two attached hydrogens (primary N) is 2. The number of oxime groups is 1. The van der Waals surface area contributed by atoms with Crippen molar-refractivity contribution in [1.29, 1.82) is 0 Å². The molecule has 180 valence electrons. The van der Waals surface area contributed by atoms with Gasteiger partial charge < -0.3 is 30.5 Å². The molecule has 9 nitrogen and oxygen atoms in total. The molecule has 3 aromatic carbocycles. The van der Waals surface area contributed by atoms with Gasteiger partial charge in [0.25, 0.3) is 5.91 Å². The van der Waals surface area contributed by atoms with E-state index in [-0.39, 0.29) is 12.4 Å². The third-order valence-electron chi connectivity index (χ3n) is 4.62. The zero-order valence-electron chi connectivity index (χ0n) is 19.0. The van der Waals surface area contributed by atoms with E-state index in [0.29, 0.717) is 23.7 Å². The molecule has 0 spiro atoms. The lowest BCUT2D eigenvalue weighted by Gasteiger charge is -2.11. The number of carbonyl (C=O) groups is 2. The highest BCUT2D eigenvalue weighted by atomic mass is 16.7. The van der Waals surface area contributed by atoms with Crippen molar-refractivity contribution in [2.45, 2.75) is 6.61 Å². The van der Waals surface area contributed by atoms with Gasteiger partial charge in [0.15, 0.2) is 12.4 Å². The van der Waals surface area contributed by atoms with Gasteiger partial charge in [-0.25, -0.2) is 4.79 Å². The van der Waals surface area contributed by atoms with Gasteiger partial charge >= 0.3 is 5.97 Å². The van der Waals surface area contributed by atoms with Crippen LogP contribution < -0.4 is 25.7 Å². The molecule has 9 heteroatoms. The van der Waals surface area contributed by atoms with Crippen molar-refractivity contribution in [2.75, 3.05) is 13.7 Å². The Morgan fingerprint density at radius 2 is 1.63 bits per heavy atom. The fourth-order valence-electron chi connectivity index (χ4n) is 2.91. The van der Waals surface area contributed by atoms with E-state index in [9.17, 15) is 9.59 Å². The van der Waals surface area contributed by atoms with Gasteiger partial charge in [0.05, 0.1) is 7.11 Å². The summed E-state index contributed by atoms with van der Waals surface area (Å²) in [5, 5.41) is 3.66. The second-order valence-electron chi connectivity index (χ2n) is 7.17. The Labute approximate surface area is 202 Å². The topological polar surface area (TPSA) is 135 Å². The average Bonchev–Trinajstić information content (AvgIpc) is 2.89. The highest BCUT2D eigenvalue weighted by molar-refractivity contribution is 5.98. The quantitative estimate of drug-likeness (QED) is 0.143. The van der Waals surface area contributed by atoms with Crippen LogP contribution in [-0.2, 0) is 21.0 Å². The zero-order chi connectivity index (χ0) is 25.0. The number of hydrogen-bond donors (Lipinski definition) is 2. The minimum absolute atomic E-state index is 0.00186. The number of methoxy groups -OCH3 is 1. The molecule has 0 atom stereocenters. The number of benzene rings is 3. The lowest BCUT2D eigenvalue weighted by molar-refractivity contribution is -0.137.